The van der Waals surface area contributed by atoms with Crippen LogP contribution in [0.5, 0.6) is 0 Å². The fourth-order valence-corrected chi connectivity index (χ4v) is 9.41. The maximum Gasteiger partial charge on any atom is 0.335 e. The number of benzene rings is 2. The summed E-state index contributed by atoms with van der Waals surface area (Å²) in [6.45, 7) is 15.4. The van der Waals surface area contributed by atoms with Crippen molar-refractivity contribution in [3.05, 3.63) is 59.7 Å². The molecule has 0 spiro atoms. The van der Waals surface area contributed by atoms with Crippen LogP contribution in [0.25, 0.3) is 0 Å². The third-order valence-electron chi connectivity index (χ3n) is 5.62. The van der Waals surface area contributed by atoms with Gasteiger partial charge in [0.2, 0.25) is 0 Å². The van der Waals surface area contributed by atoms with E-state index in [1.807, 2.05) is 27.7 Å². The van der Waals surface area contributed by atoms with Crippen LogP contribution in [0.15, 0.2) is 58.3 Å². The first-order valence-corrected chi connectivity index (χ1v) is 18.1. The van der Waals surface area contributed by atoms with Crippen LogP contribution < -0.4 is 0 Å². The van der Waals surface area contributed by atoms with Gasteiger partial charge in [0, 0.05) is 36.2 Å². The highest BCUT2D eigenvalue weighted by atomic mass is 32.2. The molecule has 0 atom stereocenters. The monoisotopic (exact) mass is 506 g/mol. The zero-order valence-corrected chi connectivity index (χ0v) is 24.1. The Kier molecular flexibility index (Phi) is 12.4. The summed E-state index contributed by atoms with van der Waals surface area (Å²) >= 11 is 1.80. The van der Waals surface area contributed by atoms with E-state index in [0.29, 0.717) is 0 Å². The summed E-state index contributed by atoms with van der Waals surface area (Å²) in [7, 11) is -4.12. The van der Waals surface area contributed by atoms with E-state index in [9.17, 15) is 0 Å². The number of hydrogen-bond acceptors (Lipinski definition) is 5. The van der Waals surface area contributed by atoms with Gasteiger partial charge in [0.15, 0.2) is 0 Å². The van der Waals surface area contributed by atoms with Gasteiger partial charge in [0.1, 0.15) is 0 Å². The molecular weight excluding hydrogens is 465 g/mol. The highest BCUT2D eigenvalue weighted by Gasteiger charge is 2.31. The van der Waals surface area contributed by atoms with Gasteiger partial charge in [0.05, 0.1) is 0 Å². The Morgan fingerprint density at radius 1 is 0.545 bits per heavy atom. The van der Waals surface area contributed by atoms with E-state index in [1.54, 1.807) is 11.8 Å². The van der Waals surface area contributed by atoms with Crippen molar-refractivity contribution in [3.8, 4) is 0 Å². The summed E-state index contributed by atoms with van der Waals surface area (Å²) in [6.07, 6.45) is 1.99. The summed E-state index contributed by atoms with van der Waals surface area (Å²) in [5.74, 6) is 0. The summed E-state index contributed by atoms with van der Waals surface area (Å²) < 4.78 is 23.9. The molecule has 2 rings (SSSR count). The van der Waals surface area contributed by atoms with Crippen LogP contribution in [0.3, 0.4) is 0 Å². The predicted octanol–water partition coefficient (Wildman–Crippen LogP) is 7.21. The molecule has 0 aliphatic carbocycles. The molecule has 33 heavy (non-hydrogen) atoms. The summed E-state index contributed by atoms with van der Waals surface area (Å²) in [4.78, 5) is 2.52. The molecule has 2 aromatic rings. The van der Waals surface area contributed by atoms with E-state index >= 15 is 0 Å². The van der Waals surface area contributed by atoms with Crippen molar-refractivity contribution in [2.45, 2.75) is 75.5 Å². The van der Waals surface area contributed by atoms with E-state index in [1.165, 1.54) is 20.9 Å². The molecule has 0 amide bonds. The second-order valence-corrected chi connectivity index (χ2v) is 16.2. The molecule has 0 bridgehead atoms. The van der Waals surface area contributed by atoms with Gasteiger partial charge in [-0.2, -0.15) is 0 Å². The van der Waals surface area contributed by atoms with Crippen LogP contribution in [0, 0.1) is 0 Å². The van der Waals surface area contributed by atoms with E-state index in [0.717, 1.165) is 51.4 Å². The third kappa shape index (κ3) is 10.1. The van der Waals surface area contributed by atoms with Gasteiger partial charge in [-0.3, -0.25) is 0 Å². The highest BCUT2D eigenvalue weighted by molar-refractivity contribution is 7.99. The average Bonchev–Trinajstić information content (AvgIpc) is 2.79. The standard InChI is InChI=1S/C26H42O4SSi2/c1-7-27-32(5,28-8-2)21-19-23-11-15-25(16-12-23)31-26-17-13-24(14-18-26)20-22-33(6,29-9-3)30-10-4/h11-18H,7-10,19-22H2,1-6H3. The topological polar surface area (TPSA) is 36.9 Å². The Hall–Kier alpha value is -0.936. The van der Waals surface area contributed by atoms with Gasteiger partial charge >= 0.3 is 17.1 Å². The minimum Gasteiger partial charge on any atom is -0.395 e. The zero-order chi connectivity index (χ0) is 24.2. The lowest BCUT2D eigenvalue weighted by Crippen LogP contribution is -2.39. The molecule has 0 N–H and O–H groups in total. The fraction of sp³-hybridized carbons (Fsp3) is 0.538. The summed E-state index contributed by atoms with van der Waals surface area (Å²) in [6, 6.07) is 19.8. The summed E-state index contributed by atoms with van der Waals surface area (Å²) in [5.41, 5.74) is 2.67. The van der Waals surface area contributed by atoms with E-state index < -0.39 is 17.1 Å². The van der Waals surface area contributed by atoms with Crippen LogP contribution in [0.1, 0.15) is 38.8 Å². The number of aryl methyl sites for hydroxylation is 2. The molecule has 0 aromatic heterocycles. The van der Waals surface area contributed by atoms with Crippen molar-refractivity contribution in [2.24, 2.45) is 0 Å². The zero-order valence-electron chi connectivity index (χ0n) is 21.3. The number of hydrogen-bond donors (Lipinski definition) is 0. The van der Waals surface area contributed by atoms with Gasteiger partial charge in [-0.1, -0.05) is 36.0 Å². The molecule has 2 aromatic carbocycles. The fourth-order valence-electron chi connectivity index (χ4n) is 3.92. The molecule has 0 heterocycles. The molecule has 0 radical (unpaired) electrons. The third-order valence-corrected chi connectivity index (χ3v) is 12.5. The molecule has 0 fully saturated rings. The van der Waals surface area contributed by atoms with Gasteiger partial charge in [0.25, 0.3) is 0 Å². The van der Waals surface area contributed by atoms with Crippen molar-refractivity contribution in [1.29, 1.82) is 0 Å². The second-order valence-electron chi connectivity index (χ2n) is 8.39. The van der Waals surface area contributed by atoms with E-state index in [2.05, 4.69) is 61.6 Å². The molecule has 184 valence electrons. The highest BCUT2D eigenvalue weighted by Crippen LogP contribution is 2.29. The maximum atomic E-state index is 5.96. The molecule has 0 aliphatic rings. The normalized spacial score (nSPS) is 12.3. The largest absolute Gasteiger partial charge is 0.395 e. The first kappa shape index (κ1) is 28.3. The Balaban J connectivity index is 1.88. The van der Waals surface area contributed by atoms with E-state index in [-0.39, 0.29) is 0 Å². The molecule has 7 heteroatoms. The van der Waals surface area contributed by atoms with Crippen molar-refractivity contribution < 1.29 is 17.7 Å². The van der Waals surface area contributed by atoms with Crippen LogP contribution in [0.2, 0.25) is 25.2 Å². The van der Waals surface area contributed by atoms with Crippen LogP contribution >= 0.6 is 11.8 Å². The van der Waals surface area contributed by atoms with Crippen molar-refractivity contribution >= 4 is 28.9 Å². The van der Waals surface area contributed by atoms with Gasteiger partial charge in [-0.05, 0) is 101 Å². The van der Waals surface area contributed by atoms with Crippen LogP contribution in [-0.2, 0) is 30.5 Å². The minimum absolute atomic E-state index is 0.720. The maximum absolute atomic E-state index is 5.96. The van der Waals surface area contributed by atoms with Gasteiger partial charge in [-0.25, -0.2) is 0 Å². The Morgan fingerprint density at radius 3 is 1.12 bits per heavy atom. The SMILES string of the molecule is CCO[Si](C)(CCc1ccc(Sc2ccc(CC[Si](C)(OCC)OCC)cc2)cc1)OCC. The Labute approximate surface area is 207 Å². The second kappa shape index (κ2) is 14.5. The molecule has 0 saturated heterocycles. The molecule has 0 saturated carbocycles. The Bertz CT molecular complexity index is 719. The van der Waals surface area contributed by atoms with Crippen molar-refractivity contribution in [3.63, 3.8) is 0 Å². The van der Waals surface area contributed by atoms with Crippen molar-refractivity contribution in [2.75, 3.05) is 26.4 Å². The smallest absolute Gasteiger partial charge is 0.335 e. The molecular formula is C26H42O4SSi2. The van der Waals surface area contributed by atoms with Gasteiger partial charge in [-0.15, -0.1) is 0 Å². The van der Waals surface area contributed by atoms with Crippen LogP contribution in [-0.4, -0.2) is 43.5 Å². The lowest BCUT2D eigenvalue weighted by atomic mass is 10.2. The Morgan fingerprint density at radius 2 is 0.848 bits per heavy atom. The number of rotatable bonds is 16. The minimum atomic E-state index is -2.06. The lowest BCUT2D eigenvalue weighted by molar-refractivity contribution is 0.188. The van der Waals surface area contributed by atoms with Gasteiger partial charge < -0.3 is 17.7 Å². The first-order chi connectivity index (χ1) is 15.8. The van der Waals surface area contributed by atoms with Crippen LogP contribution in [0.4, 0.5) is 0 Å². The molecule has 4 nitrogen and oxygen atoms in total. The summed E-state index contributed by atoms with van der Waals surface area (Å²) in [5, 5.41) is 0. The predicted molar refractivity (Wildman–Crippen MR) is 144 cm³/mol. The molecule has 0 aliphatic heterocycles. The lowest BCUT2D eigenvalue weighted by Gasteiger charge is -2.26. The first-order valence-electron chi connectivity index (χ1n) is 12.3. The van der Waals surface area contributed by atoms with Crippen molar-refractivity contribution in [1.82, 2.24) is 0 Å². The quantitative estimate of drug-likeness (QED) is 0.225. The molecule has 0 unspecified atom stereocenters. The van der Waals surface area contributed by atoms with E-state index in [4.69, 9.17) is 17.7 Å². The average molecular weight is 507 g/mol.